The molecule has 0 saturated carbocycles. The lowest BCUT2D eigenvalue weighted by molar-refractivity contribution is 0.122. The van der Waals surface area contributed by atoms with Crippen LogP contribution in [0.15, 0.2) is 41.5 Å². The summed E-state index contributed by atoms with van der Waals surface area (Å²) in [4.78, 5) is 11.2. The van der Waals surface area contributed by atoms with E-state index >= 15 is 0 Å². The summed E-state index contributed by atoms with van der Waals surface area (Å²) in [6, 6.07) is 12.0. The topological polar surface area (TPSA) is 62.6 Å². The molecule has 3 rings (SSSR count). The van der Waals surface area contributed by atoms with Crippen LogP contribution < -0.4 is 10.3 Å². The minimum absolute atomic E-state index is 0.703. The van der Waals surface area contributed by atoms with E-state index in [9.17, 15) is 0 Å². The van der Waals surface area contributed by atoms with E-state index in [1.54, 1.807) is 0 Å². The molecule has 1 N–H and O–H groups in total. The summed E-state index contributed by atoms with van der Waals surface area (Å²) in [5.74, 6) is 1.43. The minimum atomic E-state index is 0.703. The fourth-order valence-electron chi connectivity index (χ4n) is 2.40. The smallest absolute Gasteiger partial charge is 0.227 e. The normalized spacial score (nSPS) is 15.6. The van der Waals surface area contributed by atoms with Crippen molar-refractivity contribution in [1.82, 2.24) is 9.97 Å². The Kier molecular flexibility index (Phi) is 4.83. The Morgan fingerprint density at radius 3 is 2.65 bits per heavy atom. The summed E-state index contributed by atoms with van der Waals surface area (Å²) in [5, 5.41) is 4.43. The number of nitrogens with one attached hydrogen (secondary N) is 1. The first-order chi connectivity index (χ1) is 11.2. The maximum atomic E-state index is 5.37. The monoisotopic (exact) mass is 311 g/mol. The molecule has 120 valence electrons. The van der Waals surface area contributed by atoms with Crippen LogP contribution >= 0.6 is 0 Å². The van der Waals surface area contributed by atoms with Crippen molar-refractivity contribution in [3.63, 3.8) is 0 Å². The maximum absolute atomic E-state index is 5.37. The van der Waals surface area contributed by atoms with Crippen molar-refractivity contribution in [3.05, 3.63) is 47.7 Å². The van der Waals surface area contributed by atoms with Gasteiger partial charge < -0.3 is 9.64 Å². The van der Waals surface area contributed by atoms with Gasteiger partial charge in [-0.2, -0.15) is 10.1 Å². The summed E-state index contributed by atoms with van der Waals surface area (Å²) < 4.78 is 5.37. The number of benzene rings is 1. The first-order valence-corrected chi connectivity index (χ1v) is 7.76. The van der Waals surface area contributed by atoms with Crippen LogP contribution in [0.25, 0.3) is 0 Å². The predicted molar refractivity (Wildman–Crippen MR) is 92.1 cm³/mol. The lowest BCUT2D eigenvalue weighted by atomic mass is 10.1. The van der Waals surface area contributed by atoms with Crippen LogP contribution in [0.2, 0.25) is 0 Å². The van der Waals surface area contributed by atoms with Crippen molar-refractivity contribution >= 4 is 17.5 Å². The second-order valence-electron chi connectivity index (χ2n) is 5.47. The number of aryl methyl sites for hydroxylation is 1. The summed E-state index contributed by atoms with van der Waals surface area (Å²) in [6.45, 7) is 6.99. The average Bonchev–Trinajstić information content (AvgIpc) is 2.61. The van der Waals surface area contributed by atoms with Crippen LogP contribution in [0.1, 0.15) is 18.2 Å². The molecular weight excluding hydrogens is 290 g/mol. The molecule has 1 aliphatic heterocycles. The molecule has 0 bridgehead atoms. The summed E-state index contributed by atoms with van der Waals surface area (Å²) >= 11 is 0. The fourth-order valence-corrected chi connectivity index (χ4v) is 2.40. The van der Waals surface area contributed by atoms with Gasteiger partial charge in [-0.05, 0) is 19.4 Å². The van der Waals surface area contributed by atoms with Crippen molar-refractivity contribution in [1.29, 1.82) is 0 Å². The quantitative estimate of drug-likeness (QED) is 0.694. The highest BCUT2D eigenvalue weighted by molar-refractivity contribution is 5.98. The van der Waals surface area contributed by atoms with Gasteiger partial charge in [0.2, 0.25) is 5.95 Å². The number of hydrogen-bond acceptors (Lipinski definition) is 6. The van der Waals surface area contributed by atoms with E-state index in [-0.39, 0.29) is 0 Å². The van der Waals surface area contributed by atoms with Crippen LogP contribution in [0, 0.1) is 6.92 Å². The Labute approximate surface area is 136 Å². The number of hydrazone groups is 1. The number of aromatic nitrogens is 2. The van der Waals surface area contributed by atoms with Gasteiger partial charge in [-0.3, -0.25) is 5.43 Å². The van der Waals surface area contributed by atoms with Crippen molar-refractivity contribution in [3.8, 4) is 0 Å². The molecule has 1 aliphatic rings. The van der Waals surface area contributed by atoms with Gasteiger partial charge in [0, 0.05) is 24.8 Å². The van der Waals surface area contributed by atoms with E-state index in [1.165, 1.54) is 0 Å². The van der Waals surface area contributed by atoms with Gasteiger partial charge in [-0.25, -0.2) is 4.98 Å². The van der Waals surface area contributed by atoms with Gasteiger partial charge in [0.15, 0.2) is 5.82 Å². The van der Waals surface area contributed by atoms with Crippen molar-refractivity contribution in [2.24, 2.45) is 5.10 Å². The zero-order valence-electron chi connectivity index (χ0n) is 13.5. The molecule has 6 heteroatoms. The Balaban J connectivity index is 1.76. The first kappa shape index (κ1) is 15.4. The second-order valence-corrected chi connectivity index (χ2v) is 5.47. The Morgan fingerprint density at radius 1 is 1.17 bits per heavy atom. The van der Waals surface area contributed by atoms with Gasteiger partial charge >= 0.3 is 0 Å². The Hall–Kier alpha value is -2.47. The largest absolute Gasteiger partial charge is 0.378 e. The zero-order valence-corrected chi connectivity index (χ0v) is 13.5. The molecule has 1 saturated heterocycles. The van der Waals surface area contributed by atoms with Crippen molar-refractivity contribution in [2.75, 3.05) is 36.6 Å². The van der Waals surface area contributed by atoms with E-state index in [1.807, 2.05) is 50.2 Å². The van der Waals surface area contributed by atoms with Crippen LogP contribution in [0.3, 0.4) is 0 Å². The number of hydrogen-bond donors (Lipinski definition) is 1. The highest BCUT2D eigenvalue weighted by Crippen LogP contribution is 2.15. The summed E-state index contributed by atoms with van der Waals surface area (Å²) in [7, 11) is 0. The van der Waals surface area contributed by atoms with Crippen LogP contribution in [0.4, 0.5) is 11.8 Å². The standard InChI is InChI=1S/C17H21N5O/c1-13-12-16(19-17(18-13)22-8-10-23-11-9-22)21-20-14(2)15-6-4-3-5-7-15/h3-7,12H,8-11H2,1-2H3,(H,18,19,21)/b20-14+. The van der Waals surface area contributed by atoms with Gasteiger partial charge in [-0.15, -0.1) is 0 Å². The fraction of sp³-hybridized carbons (Fsp3) is 0.353. The molecule has 0 spiro atoms. The number of anilines is 2. The maximum Gasteiger partial charge on any atom is 0.227 e. The number of rotatable bonds is 4. The molecule has 2 aromatic rings. The molecule has 6 nitrogen and oxygen atoms in total. The molecular formula is C17H21N5O. The van der Waals surface area contributed by atoms with Gasteiger partial charge in [0.05, 0.1) is 18.9 Å². The van der Waals surface area contributed by atoms with E-state index in [4.69, 9.17) is 4.74 Å². The third-order valence-corrected chi connectivity index (χ3v) is 3.67. The third-order valence-electron chi connectivity index (χ3n) is 3.67. The molecule has 0 amide bonds. The number of morpholine rings is 1. The molecule has 23 heavy (non-hydrogen) atoms. The molecule has 0 atom stereocenters. The zero-order chi connectivity index (χ0) is 16.1. The average molecular weight is 311 g/mol. The predicted octanol–water partition coefficient (Wildman–Crippen LogP) is 2.46. The van der Waals surface area contributed by atoms with Crippen LogP contribution in [0.5, 0.6) is 0 Å². The summed E-state index contributed by atoms with van der Waals surface area (Å²) in [6.07, 6.45) is 0. The molecule has 1 aromatic carbocycles. The minimum Gasteiger partial charge on any atom is -0.378 e. The molecule has 0 radical (unpaired) electrons. The Morgan fingerprint density at radius 2 is 1.91 bits per heavy atom. The number of ether oxygens (including phenoxy) is 1. The van der Waals surface area contributed by atoms with Gasteiger partial charge in [0.25, 0.3) is 0 Å². The first-order valence-electron chi connectivity index (χ1n) is 7.76. The molecule has 2 heterocycles. The third kappa shape index (κ3) is 4.04. The second kappa shape index (κ2) is 7.19. The lowest BCUT2D eigenvalue weighted by Gasteiger charge is -2.27. The van der Waals surface area contributed by atoms with E-state index in [0.29, 0.717) is 19.0 Å². The van der Waals surface area contributed by atoms with E-state index in [2.05, 4.69) is 25.4 Å². The van der Waals surface area contributed by atoms with Crippen molar-refractivity contribution in [2.45, 2.75) is 13.8 Å². The van der Waals surface area contributed by atoms with Crippen LogP contribution in [-0.4, -0.2) is 42.0 Å². The van der Waals surface area contributed by atoms with Gasteiger partial charge in [-0.1, -0.05) is 30.3 Å². The van der Waals surface area contributed by atoms with Gasteiger partial charge in [0.1, 0.15) is 0 Å². The highest BCUT2D eigenvalue weighted by atomic mass is 16.5. The SMILES string of the molecule is C/C(=N\Nc1cc(C)nc(N2CCOCC2)n1)c1ccccc1. The van der Waals surface area contributed by atoms with Crippen LogP contribution in [-0.2, 0) is 4.74 Å². The van der Waals surface area contributed by atoms with E-state index < -0.39 is 0 Å². The molecule has 0 unspecified atom stereocenters. The number of nitrogens with zero attached hydrogens (tertiary/aromatic N) is 4. The molecule has 1 aromatic heterocycles. The lowest BCUT2D eigenvalue weighted by Crippen LogP contribution is -2.37. The highest BCUT2D eigenvalue weighted by Gasteiger charge is 2.14. The Bertz CT molecular complexity index is 681. The molecule has 0 aliphatic carbocycles. The summed E-state index contributed by atoms with van der Waals surface area (Å²) in [5.41, 5.74) is 5.95. The molecule has 1 fully saturated rings. The van der Waals surface area contributed by atoms with Crippen molar-refractivity contribution < 1.29 is 4.74 Å². The van der Waals surface area contributed by atoms with E-state index in [0.717, 1.165) is 36.0 Å².